The van der Waals surface area contributed by atoms with Crippen molar-refractivity contribution in [2.75, 3.05) is 7.11 Å². The van der Waals surface area contributed by atoms with Crippen LogP contribution in [0.1, 0.15) is 24.2 Å². The average Bonchev–Trinajstić information content (AvgIpc) is 2.61. The van der Waals surface area contributed by atoms with Crippen LogP contribution in [0.4, 0.5) is 13.2 Å². The number of halogens is 3. The van der Waals surface area contributed by atoms with Crippen molar-refractivity contribution in [2.24, 2.45) is 5.92 Å². The largest absolute Gasteiger partial charge is 0.469 e. The molecule has 0 unspecified atom stereocenters. The SMILES string of the molecule is COC(=O)[C@@H]1CCc2c(C(F)(F)F)nnn2CC1. The molecule has 0 spiro atoms. The Bertz CT molecular complexity index is 456. The smallest absolute Gasteiger partial charge is 0.437 e. The zero-order chi connectivity index (χ0) is 13.3. The van der Waals surface area contributed by atoms with Gasteiger partial charge in [0.25, 0.3) is 0 Å². The van der Waals surface area contributed by atoms with Crippen LogP contribution in [0.25, 0.3) is 0 Å². The second-order valence-electron chi connectivity index (χ2n) is 4.15. The minimum atomic E-state index is -4.50. The van der Waals surface area contributed by atoms with E-state index in [0.717, 1.165) is 0 Å². The molecule has 0 aromatic carbocycles. The van der Waals surface area contributed by atoms with E-state index in [1.54, 1.807) is 0 Å². The minimum absolute atomic E-state index is 0.0499. The number of aromatic nitrogens is 3. The van der Waals surface area contributed by atoms with E-state index < -0.39 is 11.9 Å². The summed E-state index contributed by atoms with van der Waals surface area (Å²) in [6.45, 7) is 0.248. The molecule has 0 N–H and O–H groups in total. The highest BCUT2D eigenvalue weighted by Crippen LogP contribution is 2.32. The van der Waals surface area contributed by atoms with E-state index in [0.29, 0.717) is 12.8 Å². The first kappa shape index (κ1) is 12.8. The number of hydrogen-bond donors (Lipinski definition) is 0. The fourth-order valence-electron chi connectivity index (χ4n) is 2.12. The summed E-state index contributed by atoms with van der Waals surface area (Å²) < 4.78 is 43.8. The number of methoxy groups -OCH3 is 1. The summed E-state index contributed by atoms with van der Waals surface area (Å²) in [5.74, 6) is -0.764. The predicted octanol–water partition coefficient (Wildman–Crippen LogP) is 1.42. The number of nitrogens with zero attached hydrogens (tertiary/aromatic N) is 3. The Morgan fingerprint density at radius 2 is 2.17 bits per heavy atom. The molecule has 0 bridgehead atoms. The quantitative estimate of drug-likeness (QED) is 0.719. The van der Waals surface area contributed by atoms with Crippen molar-refractivity contribution in [1.82, 2.24) is 15.0 Å². The van der Waals surface area contributed by atoms with Gasteiger partial charge in [0.05, 0.1) is 18.7 Å². The molecule has 1 atom stereocenters. The second kappa shape index (κ2) is 4.58. The summed E-state index contributed by atoms with van der Waals surface area (Å²) >= 11 is 0. The van der Waals surface area contributed by atoms with Gasteiger partial charge in [-0.2, -0.15) is 13.2 Å². The van der Waals surface area contributed by atoms with E-state index in [4.69, 9.17) is 0 Å². The molecule has 0 saturated carbocycles. The molecule has 1 aromatic rings. The van der Waals surface area contributed by atoms with Crippen molar-refractivity contribution in [3.05, 3.63) is 11.4 Å². The number of aryl methyl sites for hydroxylation is 1. The maximum Gasteiger partial charge on any atom is 0.437 e. The topological polar surface area (TPSA) is 57.0 Å². The molecule has 5 nitrogen and oxygen atoms in total. The molecular formula is C10H12F3N3O2. The molecule has 1 aliphatic rings. The molecule has 0 fully saturated rings. The summed E-state index contributed by atoms with van der Waals surface area (Å²) in [5, 5.41) is 6.67. The van der Waals surface area contributed by atoms with Gasteiger partial charge in [-0.15, -0.1) is 5.10 Å². The van der Waals surface area contributed by atoms with Crippen LogP contribution in [-0.2, 0) is 28.7 Å². The maximum absolute atomic E-state index is 12.7. The number of carbonyl (C=O) groups excluding carboxylic acids is 1. The molecule has 1 aromatic heterocycles. The molecular weight excluding hydrogens is 251 g/mol. The summed E-state index contributed by atoms with van der Waals surface area (Å²) in [7, 11) is 1.27. The molecule has 0 radical (unpaired) electrons. The Kier molecular flexibility index (Phi) is 3.27. The molecule has 100 valence electrons. The molecule has 0 amide bonds. The third kappa shape index (κ3) is 2.32. The minimum Gasteiger partial charge on any atom is -0.469 e. The number of esters is 1. The zero-order valence-corrected chi connectivity index (χ0v) is 9.70. The first-order chi connectivity index (χ1) is 8.43. The van der Waals surface area contributed by atoms with E-state index in [-0.39, 0.29) is 30.5 Å². The lowest BCUT2D eigenvalue weighted by Gasteiger charge is -2.10. The predicted molar refractivity (Wildman–Crippen MR) is 53.5 cm³/mol. The summed E-state index contributed by atoms with van der Waals surface area (Å²) in [6.07, 6.45) is -3.64. The molecule has 0 saturated heterocycles. The number of hydrogen-bond acceptors (Lipinski definition) is 4. The monoisotopic (exact) mass is 263 g/mol. The van der Waals surface area contributed by atoms with Crippen molar-refractivity contribution in [1.29, 1.82) is 0 Å². The number of alkyl halides is 3. The van der Waals surface area contributed by atoms with Gasteiger partial charge in [-0.25, -0.2) is 4.68 Å². The van der Waals surface area contributed by atoms with Crippen molar-refractivity contribution in [3.63, 3.8) is 0 Å². The van der Waals surface area contributed by atoms with Gasteiger partial charge in [0.15, 0.2) is 5.69 Å². The van der Waals surface area contributed by atoms with Crippen LogP contribution in [0.5, 0.6) is 0 Å². The van der Waals surface area contributed by atoms with E-state index in [1.165, 1.54) is 11.8 Å². The van der Waals surface area contributed by atoms with Crippen molar-refractivity contribution in [2.45, 2.75) is 32.0 Å². The van der Waals surface area contributed by atoms with Crippen LogP contribution >= 0.6 is 0 Å². The van der Waals surface area contributed by atoms with Gasteiger partial charge in [0, 0.05) is 6.54 Å². The van der Waals surface area contributed by atoms with Gasteiger partial charge in [-0.1, -0.05) is 5.21 Å². The summed E-state index contributed by atoms with van der Waals surface area (Å²) in [4.78, 5) is 11.4. The fraction of sp³-hybridized carbons (Fsp3) is 0.700. The number of rotatable bonds is 1. The van der Waals surface area contributed by atoms with E-state index in [2.05, 4.69) is 15.0 Å². The number of carbonyl (C=O) groups is 1. The molecule has 18 heavy (non-hydrogen) atoms. The molecule has 8 heteroatoms. The summed E-state index contributed by atoms with van der Waals surface area (Å²) in [6, 6.07) is 0. The van der Waals surface area contributed by atoms with E-state index in [9.17, 15) is 18.0 Å². The average molecular weight is 263 g/mol. The van der Waals surface area contributed by atoms with Crippen LogP contribution in [0, 0.1) is 5.92 Å². The Morgan fingerprint density at radius 3 is 2.78 bits per heavy atom. The number of fused-ring (bicyclic) bond motifs is 1. The molecule has 1 aliphatic heterocycles. The first-order valence-corrected chi connectivity index (χ1v) is 5.51. The van der Waals surface area contributed by atoms with Gasteiger partial charge in [0.2, 0.25) is 0 Å². The Morgan fingerprint density at radius 1 is 1.44 bits per heavy atom. The van der Waals surface area contributed by atoms with Gasteiger partial charge in [-0.3, -0.25) is 4.79 Å². The Balaban J connectivity index is 2.21. The van der Waals surface area contributed by atoms with Crippen molar-refractivity contribution in [3.8, 4) is 0 Å². The lowest BCUT2D eigenvalue weighted by Crippen LogP contribution is -2.17. The van der Waals surface area contributed by atoms with Crippen LogP contribution in [0.2, 0.25) is 0 Å². The fourth-order valence-corrected chi connectivity index (χ4v) is 2.12. The van der Waals surface area contributed by atoms with Crippen LogP contribution in [0.15, 0.2) is 0 Å². The highest BCUT2D eigenvalue weighted by Gasteiger charge is 2.39. The third-order valence-corrected chi connectivity index (χ3v) is 3.06. The normalized spacial score (nSPS) is 20.1. The van der Waals surface area contributed by atoms with Crippen molar-refractivity contribution >= 4 is 5.97 Å². The van der Waals surface area contributed by atoms with Crippen LogP contribution in [0.3, 0.4) is 0 Å². The zero-order valence-electron chi connectivity index (χ0n) is 9.70. The highest BCUT2D eigenvalue weighted by atomic mass is 19.4. The van der Waals surface area contributed by atoms with E-state index in [1.807, 2.05) is 0 Å². The standard InChI is InChI=1S/C10H12F3N3O2/c1-18-9(17)6-2-3-7-8(10(11,12)13)14-15-16(7)5-4-6/h6H,2-5H2,1H3/t6-/m1/s1. The number of ether oxygens (including phenoxy) is 1. The van der Waals surface area contributed by atoms with Gasteiger partial charge < -0.3 is 4.74 Å². The Hall–Kier alpha value is -1.60. The molecule has 0 aliphatic carbocycles. The lowest BCUT2D eigenvalue weighted by atomic mass is 10.00. The summed E-state index contributed by atoms with van der Waals surface area (Å²) in [5.41, 5.74) is -0.901. The lowest BCUT2D eigenvalue weighted by molar-refractivity contribution is -0.145. The Labute approximate surface area is 101 Å². The maximum atomic E-state index is 12.7. The third-order valence-electron chi connectivity index (χ3n) is 3.06. The highest BCUT2D eigenvalue weighted by molar-refractivity contribution is 5.72. The van der Waals surface area contributed by atoms with Gasteiger partial charge in [-0.05, 0) is 19.3 Å². The van der Waals surface area contributed by atoms with Gasteiger partial charge >= 0.3 is 12.1 Å². The van der Waals surface area contributed by atoms with Crippen LogP contribution in [-0.4, -0.2) is 28.1 Å². The van der Waals surface area contributed by atoms with Crippen molar-refractivity contribution < 1.29 is 22.7 Å². The first-order valence-electron chi connectivity index (χ1n) is 5.51. The van der Waals surface area contributed by atoms with Crippen LogP contribution < -0.4 is 0 Å². The second-order valence-corrected chi connectivity index (χ2v) is 4.15. The van der Waals surface area contributed by atoms with E-state index >= 15 is 0 Å². The molecule has 2 heterocycles. The molecule has 2 rings (SSSR count). The van der Waals surface area contributed by atoms with Gasteiger partial charge in [0.1, 0.15) is 0 Å².